The van der Waals surface area contributed by atoms with E-state index in [1.165, 1.54) is 0 Å². The second-order valence-corrected chi connectivity index (χ2v) is 5.61. The monoisotopic (exact) mass is 319 g/mol. The first-order valence-corrected chi connectivity index (χ1v) is 7.01. The summed E-state index contributed by atoms with van der Waals surface area (Å²) in [4.78, 5) is 11.2. The number of hydrogen-bond acceptors (Lipinski definition) is 1. The first-order valence-electron chi connectivity index (χ1n) is 6.25. The molecule has 1 N–H and O–H groups in total. The molecule has 106 valence electrons. The number of aryl methyl sites for hydroxylation is 1. The number of aromatic carboxylic acids is 1. The van der Waals surface area contributed by atoms with Gasteiger partial charge < -0.3 is 9.67 Å². The molecule has 3 rings (SSSR count). The van der Waals surface area contributed by atoms with E-state index in [0.29, 0.717) is 10.0 Å². The van der Waals surface area contributed by atoms with Crippen molar-refractivity contribution in [1.29, 1.82) is 0 Å². The number of carbonyl (C=O) groups is 1. The molecule has 0 saturated carbocycles. The molecule has 0 aliphatic heterocycles. The van der Waals surface area contributed by atoms with Gasteiger partial charge in [-0.1, -0.05) is 35.3 Å². The molecule has 0 amide bonds. The normalized spacial score (nSPS) is 11.0. The molecule has 0 atom stereocenters. The number of carboxylic acids is 1. The fourth-order valence-corrected chi connectivity index (χ4v) is 2.71. The molecular formula is C16H11Cl2NO2. The quantitative estimate of drug-likeness (QED) is 0.733. The molecular weight excluding hydrogens is 309 g/mol. The highest BCUT2D eigenvalue weighted by molar-refractivity contribution is 6.42. The zero-order valence-corrected chi connectivity index (χ0v) is 12.6. The average molecular weight is 320 g/mol. The molecule has 1 aromatic heterocycles. The Hall–Kier alpha value is -1.97. The van der Waals surface area contributed by atoms with Crippen LogP contribution in [0.2, 0.25) is 10.0 Å². The van der Waals surface area contributed by atoms with Crippen molar-refractivity contribution >= 4 is 40.1 Å². The van der Waals surface area contributed by atoms with Crippen LogP contribution in [0.5, 0.6) is 0 Å². The van der Waals surface area contributed by atoms with E-state index < -0.39 is 5.97 Å². The SMILES string of the molecule is Cn1c(C(=O)O)cc2cc(-c3ccc(Cl)c(Cl)c3)ccc21. The highest BCUT2D eigenvalue weighted by Gasteiger charge is 2.12. The van der Waals surface area contributed by atoms with Gasteiger partial charge in [0, 0.05) is 18.0 Å². The minimum atomic E-state index is -0.940. The molecule has 0 fully saturated rings. The summed E-state index contributed by atoms with van der Waals surface area (Å²) >= 11 is 12.0. The summed E-state index contributed by atoms with van der Waals surface area (Å²) in [5, 5.41) is 11.0. The van der Waals surface area contributed by atoms with E-state index in [2.05, 4.69) is 0 Å². The van der Waals surface area contributed by atoms with Crippen molar-refractivity contribution in [2.24, 2.45) is 7.05 Å². The summed E-state index contributed by atoms with van der Waals surface area (Å²) in [6.07, 6.45) is 0. The maximum atomic E-state index is 11.2. The summed E-state index contributed by atoms with van der Waals surface area (Å²) in [6.45, 7) is 0. The molecule has 0 aliphatic carbocycles. The summed E-state index contributed by atoms with van der Waals surface area (Å²) in [5.74, 6) is -0.940. The Balaban J connectivity index is 2.16. The van der Waals surface area contributed by atoms with E-state index in [1.54, 1.807) is 29.8 Å². The van der Waals surface area contributed by atoms with Gasteiger partial charge >= 0.3 is 5.97 Å². The predicted octanol–water partition coefficient (Wildman–Crippen LogP) is 4.85. The van der Waals surface area contributed by atoms with Crippen molar-refractivity contribution in [1.82, 2.24) is 4.57 Å². The van der Waals surface area contributed by atoms with Gasteiger partial charge in [-0.2, -0.15) is 0 Å². The molecule has 0 saturated heterocycles. The third kappa shape index (κ3) is 2.39. The zero-order chi connectivity index (χ0) is 15.1. The number of nitrogens with zero attached hydrogens (tertiary/aromatic N) is 1. The van der Waals surface area contributed by atoms with Crippen LogP contribution < -0.4 is 0 Å². The van der Waals surface area contributed by atoms with Gasteiger partial charge in [0.1, 0.15) is 5.69 Å². The number of benzene rings is 2. The summed E-state index contributed by atoms with van der Waals surface area (Å²) in [6, 6.07) is 12.9. The molecule has 0 radical (unpaired) electrons. The van der Waals surface area contributed by atoms with Crippen molar-refractivity contribution in [2.75, 3.05) is 0 Å². The Kier molecular flexibility index (Phi) is 3.40. The van der Waals surface area contributed by atoms with Crippen LogP contribution >= 0.6 is 23.2 Å². The minimum absolute atomic E-state index is 0.260. The van der Waals surface area contributed by atoms with Crippen molar-refractivity contribution in [3.8, 4) is 11.1 Å². The van der Waals surface area contributed by atoms with Gasteiger partial charge in [-0.25, -0.2) is 4.79 Å². The minimum Gasteiger partial charge on any atom is -0.477 e. The Morgan fingerprint density at radius 1 is 1.00 bits per heavy atom. The number of aromatic nitrogens is 1. The highest BCUT2D eigenvalue weighted by Crippen LogP contribution is 2.31. The van der Waals surface area contributed by atoms with Gasteiger partial charge in [-0.15, -0.1) is 0 Å². The number of carboxylic acid groups (broad SMARTS) is 1. The van der Waals surface area contributed by atoms with E-state index in [0.717, 1.165) is 22.0 Å². The van der Waals surface area contributed by atoms with Crippen LogP contribution in [0.15, 0.2) is 42.5 Å². The maximum absolute atomic E-state index is 11.2. The summed E-state index contributed by atoms with van der Waals surface area (Å²) < 4.78 is 1.66. The molecule has 3 aromatic rings. The Bertz CT molecular complexity index is 868. The molecule has 2 aromatic carbocycles. The van der Waals surface area contributed by atoms with Gasteiger partial charge in [-0.05, 0) is 41.5 Å². The number of hydrogen-bond donors (Lipinski definition) is 1. The van der Waals surface area contributed by atoms with E-state index in [-0.39, 0.29) is 5.69 Å². The standard InChI is InChI=1S/C16H11Cl2NO2/c1-19-14-5-3-9(6-11(14)8-15(19)16(20)21)10-2-4-12(17)13(18)7-10/h2-8H,1H3,(H,20,21). The second kappa shape index (κ2) is 5.10. The first kappa shape index (κ1) is 14.0. The largest absolute Gasteiger partial charge is 0.477 e. The lowest BCUT2D eigenvalue weighted by Crippen LogP contribution is -2.03. The van der Waals surface area contributed by atoms with Crippen LogP contribution in [-0.4, -0.2) is 15.6 Å². The van der Waals surface area contributed by atoms with Crippen LogP contribution in [0, 0.1) is 0 Å². The smallest absolute Gasteiger partial charge is 0.352 e. The molecule has 5 heteroatoms. The van der Waals surface area contributed by atoms with E-state index in [1.807, 2.05) is 24.3 Å². The van der Waals surface area contributed by atoms with E-state index in [4.69, 9.17) is 28.3 Å². The number of fused-ring (bicyclic) bond motifs is 1. The molecule has 0 spiro atoms. The average Bonchev–Trinajstić information content (AvgIpc) is 2.79. The summed E-state index contributed by atoms with van der Waals surface area (Å²) in [5.41, 5.74) is 3.03. The molecule has 21 heavy (non-hydrogen) atoms. The number of rotatable bonds is 2. The molecule has 3 nitrogen and oxygen atoms in total. The summed E-state index contributed by atoms with van der Waals surface area (Å²) in [7, 11) is 1.74. The predicted molar refractivity (Wildman–Crippen MR) is 85.3 cm³/mol. The Morgan fingerprint density at radius 2 is 1.67 bits per heavy atom. The molecule has 0 aliphatic rings. The van der Waals surface area contributed by atoms with Crippen LogP contribution in [0.25, 0.3) is 22.0 Å². The van der Waals surface area contributed by atoms with Gasteiger partial charge in [0.15, 0.2) is 0 Å². The van der Waals surface area contributed by atoms with Crippen molar-refractivity contribution < 1.29 is 9.90 Å². The van der Waals surface area contributed by atoms with Crippen LogP contribution in [0.4, 0.5) is 0 Å². The second-order valence-electron chi connectivity index (χ2n) is 4.80. The van der Waals surface area contributed by atoms with Crippen LogP contribution in [0.3, 0.4) is 0 Å². The third-order valence-corrected chi connectivity index (χ3v) is 4.25. The van der Waals surface area contributed by atoms with E-state index >= 15 is 0 Å². The van der Waals surface area contributed by atoms with Gasteiger partial charge in [0.05, 0.1) is 10.0 Å². The lowest BCUT2D eigenvalue weighted by molar-refractivity contribution is 0.0687. The zero-order valence-electron chi connectivity index (χ0n) is 11.1. The van der Waals surface area contributed by atoms with Gasteiger partial charge in [0.25, 0.3) is 0 Å². The molecule has 0 unspecified atom stereocenters. The first-order chi connectivity index (χ1) is 9.97. The lowest BCUT2D eigenvalue weighted by Gasteiger charge is -2.05. The fourth-order valence-electron chi connectivity index (χ4n) is 2.41. The highest BCUT2D eigenvalue weighted by atomic mass is 35.5. The Morgan fingerprint density at radius 3 is 2.33 bits per heavy atom. The third-order valence-electron chi connectivity index (χ3n) is 3.51. The number of halogens is 2. The van der Waals surface area contributed by atoms with Gasteiger partial charge in [0.2, 0.25) is 0 Å². The Labute approximate surface area is 131 Å². The van der Waals surface area contributed by atoms with Crippen LogP contribution in [0.1, 0.15) is 10.5 Å². The van der Waals surface area contributed by atoms with Crippen LogP contribution in [-0.2, 0) is 7.05 Å². The molecule has 1 heterocycles. The van der Waals surface area contributed by atoms with Crippen molar-refractivity contribution in [3.05, 3.63) is 58.2 Å². The van der Waals surface area contributed by atoms with Crippen molar-refractivity contribution in [3.63, 3.8) is 0 Å². The van der Waals surface area contributed by atoms with Gasteiger partial charge in [-0.3, -0.25) is 0 Å². The molecule has 0 bridgehead atoms. The van der Waals surface area contributed by atoms with Crippen molar-refractivity contribution in [2.45, 2.75) is 0 Å². The topological polar surface area (TPSA) is 42.2 Å². The lowest BCUT2D eigenvalue weighted by atomic mass is 10.0. The van der Waals surface area contributed by atoms with E-state index in [9.17, 15) is 4.79 Å². The maximum Gasteiger partial charge on any atom is 0.352 e. The fraction of sp³-hybridized carbons (Fsp3) is 0.0625.